The number of hydrogen-bond acceptors (Lipinski definition) is 8. The summed E-state index contributed by atoms with van der Waals surface area (Å²) in [5, 5.41) is 9.02. The Labute approximate surface area is 242 Å². The topological polar surface area (TPSA) is 112 Å². The van der Waals surface area contributed by atoms with E-state index in [4.69, 9.17) is 24.1 Å². The van der Waals surface area contributed by atoms with Crippen LogP contribution in [0, 0.1) is 5.41 Å². The molecule has 41 heavy (non-hydrogen) atoms. The van der Waals surface area contributed by atoms with Gasteiger partial charge >= 0.3 is 11.9 Å². The maximum Gasteiger partial charge on any atom is 0.341 e. The number of carbonyl (C=O) groups is 3. The number of carboxylic acids is 1. The fourth-order valence-corrected chi connectivity index (χ4v) is 4.84. The second-order valence-corrected chi connectivity index (χ2v) is 11.1. The van der Waals surface area contributed by atoms with Crippen LogP contribution < -0.4 is 14.2 Å². The zero-order chi connectivity index (χ0) is 30.0. The van der Waals surface area contributed by atoms with Crippen molar-refractivity contribution in [2.45, 2.75) is 71.4 Å². The first-order valence-corrected chi connectivity index (χ1v) is 14.2. The van der Waals surface area contributed by atoms with Crippen molar-refractivity contribution >= 4 is 17.7 Å². The van der Waals surface area contributed by atoms with Crippen molar-refractivity contribution in [3.63, 3.8) is 0 Å². The summed E-state index contributed by atoms with van der Waals surface area (Å²) in [7, 11) is 3.16. The van der Waals surface area contributed by atoms with Crippen molar-refractivity contribution in [3.8, 4) is 17.2 Å². The minimum absolute atomic E-state index is 0.119. The third-order valence-electron chi connectivity index (χ3n) is 7.86. The zero-order valence-electron chi connectivity index (χ0n) is 24.8. The number of methoxy groups -OCH3 is 2. The smallest absolute Gasteiger partial charge is 0.341 e. The van der Waals surface area contributed by atoms with Gasteiger partial charge in [0.2, 0.25) is 0 Å². The molecule has 0 spiro atoms. The Balaban J connectivity index is 1.83. The number of aryl methyl sites for hydroxylation is 1. The molecule has 2 aromatic rings. The van der Waals surface area contributed by atoms with Crippen LogP contribution in [0.1, 0.15) is 70.1 Å². The number of rotatable bonds is 15. The third kappa shape index (κ3) is 8.95. The molecule has 1 unspecified atom stereocenters. The number of piperidine rings is 1. The second-order valence-electron chi connectivity index (χ2n) is 11.1. The van der Waals surface area contributed by atoms with Gasteiger partial charge in [-0.3, -0.25) is 14.5 Å². The molecule has 1 aliphatic rings. The molecule has 1 saturated heterocycles. The summed E-state index contributed by atoms with van der Waals surface area (Å²) in [4.78, 5) is 39.7. The molecule has 2 aromatic carbocycles. The molecule has 9 heteroatoms. The van der Waals surface area contributed by atoms with E-state index in [9.17, 15) is 14.4 Å². The number of carboxylic acid groups (broad SMARTS) is 1. The van der Waals surface area contributed by atoms with Gasteiger partial charge in [0, 0.05) is 5.41 Å². The molecule has 0 bridgehead atoms. The Morgan fingerprint density at radius 3 is 2.49 bits per heavy atom. The molecule has 9 nitrogen and oxygen atoms in total. The summed E-state index contributed by atoms with van der Waals surface area (Å²) in [5.41, 5.74) is 1.23. The molecule has 0 radical (unpaired) electrons. The van der Waals surface area contributed by atoms with Crippen molar-refractivity contribution < 1.29 is 38.4 Å². The number of nitrogens with zero attached hydrogens (tertiary/aromatic N) is 1. The maximum absolute atomic E-state index is 13.7. The van der Waals surface area contributed by atoms with Crippen LogP contribution in [0.15, 0.2) is 42.5 Å². The highest BCUT2D eigenvalue weighted by Crippen LogP contribution is 2.32. The van der Waals surface area contributed by atoms with Gasteiger partial charge in [-0.15, -0.1) is 0 Å². The van der Waals surface area contributed by atoms with Crippen LogP contribution in [-0.2, 0) is 25.5 Å². The Hall–Kier alpha value is -3.59. The predicted molar refractivity (Wildman–Crippen MR) is 155 cm³/mol. The summed E-state index contributed by atoms with van der Waals surface area (Å²) in [6.07, 6.45) is 3.60. The number of aliphatic carboxylic acids is 1. The monoisotopic (exact) mass is 569 g/mol. The lowest BCUT2D eigenvalue weighted by molar-refractivity contribution is -0.158. The van der Waals surface area contributed by atoms with Crippen LogP contribution in [0.4, 0.5) is 0 Å². The molecule has 0 aromatic heterocycles. The van der Waals surface area contributed by atoms with E-state index < -0.39 is 30.1 Å². The summed E-state index contributed by atoms with van der Waals surface area (Å²) in [5.74, 6) is 0.295. The van der Waals surface area contributed by atoms with Crippen LogP contribution in [0.25, 0.3) is 0 Å². The number of carbonyl (C=O) groups excluding carboxylic acids is 2. The standard InChI is InChI=1S/C32H43NO8/c1-6-32(2,3)29(34)20-33-17-8-7-12-25(33)31(37)41-26(23-10-9-11-24(19-23)40-21-30(35)36)15-13-22-14-16-27(38-4)28(18-22)39-5/h9-11,14,16,18-19,25-26H,6-8,12-13,15,17,20-21H2,1-5H3,(H,35,36)/t25?,26-/m1/s1. The summed E-state index contributed by atoms with van der Waals surface area (Å²) < 4.78 is 22.4. The van der Waals surface area contributed by atoms with E-state index in [-0.39, 0.29) is 18.3 Å². The molecule has 0 aliphatic carbocycles. The highest BCUT2D eigenvalue weighted by molar-refractivity contribution is 5.86. The number of ether oxygens (including phenoxy) is 4. The van der Waals surface area contributed by atoms with Crippen molar-refractivity contribution in [2.24, 2.45) is 5.41 Å². The van der Waals surface area contributed by atoms with Crippen molar-refractivity contribution in [1.82, 2.24) is 4.90 Å². The molecule has 0 amide bonds. The van der Waals surface area contributed by atoms with Gasteiger partial charge in [0.25, 0.3) is 0 Å². The lowest BCUT2D eigenvalue weighted by Crippen LogP contribution is -2.49. The number of esters is 1. The Bertz CT molecular complexity index is 1190. The van der Waals surface area contributed by atoms with Gasteiger partial charge in [-0.05, 0) is 74.0 Å². The molecule has 1 aliphatic heterocycles. The first-order valence-electron chi connectivity index (χ1n) is 14.2. The molecular formula is C32H43NO8. The van der Waals surface area contributed by atoms with Gasteiger partial charge < -0.3 is 24.1 Å². The first kappa shape index (κ1) is 31.9. The summed E-state index contributed by atoms with van der Waals surface area (Å²) >= 11 is 0. The van der Waals surface area contributed by atoms with Gasteiger partial charge in [0.05, 0.1) is 20.8 Å². The van der Waals surface area contributed by atoms with Crippen LogP contribution in [0.2, 0.25) is 0 Å². The van der Waals surface area contributed by atoms with Crippen LogP contribution in [0.5, 0.6) is 17.2 Å². The lowest BCUT2D eigenvalue weighted by atomic mass is 9.84. The first-order chi connectivity index (χ1) is 19.6. The van der Waals surface area contributed by atoms with Crippen LogP contribution >= 0.6 is 0 Å². The quantitative estimate of drug-likeness (QED) is 0.288. The lowest BCUT2D eigenvalue weighted by Gasteiger charge is -2.36. The Morgan fingerprint density at radius 1 is 1.05 bits per heavy atom. The maximum atomic E-state index is 13.7. The number of likely N-dealkylation sites (tertiary alicyclic amines) is 1. The number of ketones is 1. The molecule has 224 valence electrons. The molecule has 1 heterocycles. The van der Waals surface area contributed by atoms with E-state index in [2.05, 4.69) is 0 Å². The largest absolute Gasteiger partial charge is 0.493 e. The van der Waals surface area contributed by atoms with Crippen LogP contribution in [0.3, 0.4) is 0 Å². The highest BCUT2D eigenvalue weighted by atomic mass is 16.5. The van der Waals surface area contributed by atoms with Gasteiger partial charge in [-0.2, -0.15) is 0 Å². The van der Waals surface area contributed by atoms with Crippen molar-refractivity contribution in [1.29, 1.82) is 0 Å². The van der Waals surface area contributed by atoms with Gasteiger partial charge in [0.15, 0.2) is 23.9 Å². The zero-order valence-corrected chi connectivity index (χ0v) is 24.8. The number of hydrogen-bond donors (Lipinski definition) is 1. The highest BCUT2D eigenvalue weighted by Gasteiger charge is 2.35. The van der Waals surface area contributed by atoms with Gasteiger partial charge in [0.1, 0.15) is 17.9 Å². The van der Waals surface area contributed by atoms with Gasteiger partial charge in [-0.1, -0.05) is 45.4 Å². The fraction of sp³-hybridized carbons (Fsp3) is 0.531. The molecule has 2 atom stereocenters. The van der Waals surface area contributed by atoms with E-state index in [0.717, 1.165) is 24.8 Å². The summed E-state index contributed by atoms with van der Waals surface area (Å²) in [6, 6.07) is 12.1. The van der Waals surface area contributed by atoms with E-state index in [1.54, 1.807) is 32.4 Å². The second kappa shape index (κ2) is 14.9. The van der Waals surface area contributed by atoms with E-state index in [1.807, 2.05) is 49.9 Å². The molecule has 3 rings (SSSR count). The van der Waals surface area contributed by atoms with Crippen LogP contribution in [-0.4, -0.2) is 67.7 Å². The van der Waals surface area contributed by atoms with Crippen molar-refractivity contribution in [2.75, 3.05) is 33.9 Å². The minimum Gasteiger partial charge on any atom is -0.493 e. The van der Waals surface area contributed by atoms with Crippen molar-refractivity contribution in [3.05, 3.63) is 53.6 Å². The Kier molecular flexibility index (Phi) is 11.6. The summed E-state index contributed by atoms with van der Waals surface area (Å²) in [6.45, 7) is 6.29. The number of benzene rings is 2. The van der Waals surface area contributed by atoms with E-state index >= 15 is 0 Å². The number of Topliss-reactive ketones (excluding diaryl/α,β-unsaturated/α-hetero) is 1. The fourth-order valence-electron chi connectivity index (χ4n) is 4.84. The molecular weight excluding hydrogens is 526 g/mol. The van der Waals surface area contributed by atoms with Gasteiger partial charge in [-0.25, -0.2) is 4.79 Å². The minimum atomic E-state index is -1.08. The normalized spacial score (nSPS) is 16.5. The molecule has 1 fully saturated rings. The third-order valence-corrected chi connectivity index (χ3v) is 7.86. The van der Waals surface area contributed by atoms with E-state index in [0.29, 0.717) is 48.6 Å². The molecule has 0 saturated carbocycles. The average molecular weight is 570 g/mol. The SMILES string of the molecule is CCC(C)(C)C(=O)CN1CCCCC1C(=O)O[C@H](CCc1ccc(OC)c(OC)c1)c1cccc(OCC(=O)O)c1. The predicted octanol–water partition coefficient (Wildman–Crippen LogP) is 5.24. The average Bonchev–Trinajstić information content (AvgIpc) is 2.98. The Morgan fingerprint density at radius 2 is 1.80 bits per heavy atom. The van der Waals surface area contributed by atoms with E-state index in [1.165, 1.54) is 0 Å². The molecule has 1 N–H and O–H groups in total.